The molecule has 0 saturated heterocycles. The molecule has 3 rings (SSSR count). The maximum Gasteiger partial charge on any atom is 0.416 e. The summed E-state index contributed by atoms with van der Waals surface area (Å²) < 4.78 is 92.6. The van der Waals surface area contributed by atoms with Gasteiger partial charge in [-0.1, -0.05) is 12.1 Å². The third-order valence-electron chi connectivity index (χ3n) is 4.02. The van der Waals surface area contributed by atoms with Crippen LogP contribution in [-0.4, -0.2) is 14.3 Å². The molecule has 0 spiro atoms. The molecule has 0 heterocycles. The Kier molecular flexibility index (Phi) is 5.98. The molecule has 0 aliphatic rings. The van der Waals surface area contributed by atoms with Crippen LogP contribution in [0.4, 0.5) is 33.3 Å². The second-order valence-corrected chi connectivity index (χ2v) is 7.97. The number of halogens is 5. The van der Waals surface area contributed by atoms with Gasteiger partial charge in [0.15, 0.2) is 0 Å². The summed E-state index contributed by atoms with van der Waals surface area (Å²) in [5.74, 6) is -2.83. The van der Waals surface area contributed by atoms with E-state index in [2.05, 4.69) is 5.32 Å². The van der Waals surface area contributed by atoms with Crippen molar-refractivity contribution in [3.63, 3.8) is 0 Å². The minimum Gasteiger partial charge on any atom is -0.322 e. The Balaban J connectivity index is 1.83. The van der Waals surface area contributed by atoms with Gasteiger partial charge in [0.05, 0.1) is 16.0 Å². The van der Waals surface area contributed by atoms with Crippen molar-refractivity contribution in [2.45, 2.75) is 11.1 Å². The summed E-state index contributed by atoms with van der Waals surface area (Å²) in [6.07, 6.45) is -4.65. The normalized spacial score (nSPS) is 11.8. The van der Waals surface area contributed by atoms with Crippen LogP contribution in [0, 0.1) is 11.6 Å². The van der Waals surface area contributed by atoms with Gasteiger partial charge in [-0.15, -0.1) is 0 Å². The van der Waals surface area contributed by atoms with Crippen LogP contribution in [0.1, 0.15) is 15.9 Å². The number of rotatable bonds is 5. The molecule has 2 N–H and O–H groups in total. The van der Waals surface area contributed by atoms with Crippen molar-refractivity contribution in [3.8, 4) is 0 Å². The summed E-state index contributed by atoms with van der Waals surface area (Å²) in [5.41, 5.74) is -1.99. The Bertz CT molecular complexity index is 1240. The Hall–Kier alpha value is -3.47. The quantitative estimate of drug-likeness (QED) is 0.529. The summed E-state index contributed by atoms with van der Waals surface area (Å²) in [4.78, 5) is 11.8. The molecule has 0 aliphatic carbocycles. The lowest BCUT2D eigenvalue weighted by Gasteiger charge is -2.12. The van der Waals surface area contributed by atoms with Crippen molar-refractivity contribution in [3.05, 3.63) is 89.5 Å². The smallest absolute Gasteiger partial charge is 0.322 e. The first-order valence-electron chi connectivity index (χ1n) is 8.52. The Morgan fingerprint density at radius 1 is 0.839 bits per heavy atom. The van der Waals surface area contributed by atoms with Crippen LogP contribution in [0.25, 0.3) is 0 Å². The molecule has 3 aromatic rings. The lowest BCUT2D eigenvalue weighted by atomic mass is 10.2. The summed E-state index contributed by atoms with van der Waals surface area (Å²) in [6.45, 7) is 0. The number of carbonyl (C=O) groups excluding carboxylic acids is 1. The van der Waals surface area contributed by atoms with Crippen LogP contribution in [0.15, 0.2) is 71.6 Å². The maximum atomic E-state index is 13.7. The van der Waals surface area contributed by atoms with E-state index in [0.717, 1.165) is 42.5 Å². The average molecular weight is 456 g/mol. The van der Waals surface area contributed by atoms with E-state index >= 15 is 0 Å². The van der Waals surface area contributed by atoms with Gasteiger partial charge in [-0.05, 0) is 54.6 Å². The second kappa shape index (κ2) is 8.34. The fourth-order valence-electron chi connectivity index (χ4n) is 2.58. The minimum atomic E-state index is -4.65. The van der Waals surface area contributed by atoms with Crippen molar-refractivity contribution >= 4 is 27.3 Å². The SMILES string of the molecule is O=C(Nc1cccc(S(=O)(=O)Nc2cccc(C(F)(F)F)c2)c1)c1cc(F)ccc1F. The molecule has 3 aromatic carbocycles. The van der Waals surface area contributed by atoms with Gasteiger partial charge in [0.1, 0.15) is 11.6 Å². The Morgan fingerprint density at radius 2 is 1.52 bits per heavy atom. The highest BCUT2D eigenvalue weighted by molar-refractivity contribution is 7.92. The van der Waals surface area contributed by atoms with E-state index in [-0.39, 0.29) is 16.3 Å². The maximum absolute atomic E-state index is 13.7. The van der Waals surface area contributed by atoms with Gasteiger partial charge in [-0.2, -0.15) is 13.2 Å². The molecule has 0 aliphatic heterocycles. The number of nitrogens with one attached hydrogen (secondary N) is 2. The predicted octanol–water partition coefficient (Wildman–Crippen LogP) is 5.04. The molecule has 5 nitrogen and oxygen atoms in total. The monoisotopic (exact) mass is 456 g/mol. The van der Waals surface area contributed by atoms with Gasteiger partial charge in [-0.25, -0.2) is 17.2 Å². The largest absolute Gasteiger partial charge is 0.416 e. The summed E-state index contributed by atoms with van der Waals surface area (Å²) in [6, 6.07) is 10.6. The molecule has 0 aromatic heterocycles. The first-order valence-corrected chi connectivity index (χ1v) is 10.0. The lowest BCUT2D eigenvalue weighted by molar-refractivity contribution is -0.137. The number of alkyl halides is 3. The first-order chi connectivity index (χ1) is 14.5. The van der Waals surface area contributed by atoms with Crippen LogP contribution in [0.5, 0.6) is 0 Å². The number of carbonyl (C=O) groups is 1. The van der Waals surface area contributed by atoms with Crippen molar-refractivity contribution in [1.29, 1.82) is 0 Å². The zero-order chi connectivity index (χ0) is 22.8. The van der Waals surface area contributed by atoms with Crippen LogP contribution >= 0.6 is 0 Å². The Morgan fingerprint density at radius 3 is 2.23 bits per heavy atom. The van der Waals surface area contributed by atoms with Gasteiger partial charge >= 0.3 is 6.18 Å². The molecular weight excluding hydrogens is 443 g/mol. The van der Waals surface area contributed by atoms with Crippen LogP contribution in [0.3, 0.4) is 0 Å². The molecule has 31 heavy (non-hydrogen) atoms. The molecule has 0 radical (unpaired) electrons. The van der Waals surface area contributed by atoms with E-state index < -0.39 is 44.9 Å². The summed E-state index contributed by atoms with van der Waals surface area (Å²) >= 11 is 0. The number of benzene rings is 3. The van der Waals surface area contributed by atoms with E-state index in [1.807, 2.05) is 4.72 Å². The average Bonchev–Trinajstić information content (AvgIpc) is 2.69. The lowest BCUT2D eigenvalue weighted by Crippen LogP contribution is -2.16. The molecule has 0 unspecified atom stereocenters. The molecule has 1 amide bonds. The highest BCUT2D eigenvalue weighted by atomic mass is 32.2. The number of sulfonamides is 1. The van der Waals surface area contributed by atoms with Gasteiger partial charge in [-0.3, -0.25) is 9.52 Å². The second-order valence-electron chi connectivity index (χ2n) is 6.29. The minimum absolute atomic E-state index is 0.0550. The van der Waals surface area contributed by atoms with E-state index in [1.165, 1.54) is 12.1 Å². The highest BCUT2D eigenvalue weighted by Crippen LogP contribution is 2.31. The molecule has 162 valence electrons. The van der Waals surface area contributed by atoms with Crippen molar-refractivity contribution < 1.29 is 35.2 Å². The van der Waals surface area contributed by atoms with E-state index in [0.29, 0.717) is 12.1 Å². The van der Waals surface area contributed by atoms with Gasteiger partial charge in [0, 0.05) is 11.4 Å². The fourth-order valence-corrected chi connectivity index (χ4v) is 3.68. The molecule has 0 bridgehead atoms. The Labute approximate surface area is 173 Å². The molecule has 0 fully saturated rings. The third-order valence-corrected chi connectivity index (χ3v) is 5.40. The van der Waals surface area contributed by atoms with E-state index in [4.69, 9.17) is 0 Å². The first kappa shape index (κ1) is 22.2. The zero-order valence-corrected chi connectivity index (χ0v) is 16.2. The fraction of sp³-hybridized carbons (Fsp3) is 0.0500. The van der Waals surface area contributed by atoms with Crippen LogP contribution in [0.2, 0.25) is 0 Å². The van der Waals surface area contributed by atoms with Crippen LogP contribution < -0.4 is 10.0 Å². The van der Waals surface area contributed by atoms with Crippen molar-refractivity contribution in [2.24, 2.45) is 0 Å². The molecule has 0 atom stereocenters. The number of hydrogen-bond acceptors (Lipinski definition) is 3. The molecule has 0 saturated carbocycles. The summed E-state index contributed by atoms with van der Waals surface area (Å²) in [7, 11) is -4.32. The van der Waals surface area contributed by atoms with Gasteiger partial charge < -0.3 is 5.32 Å². The van der Waals surface area contributed by atoms with E-state index in [9.17, 15) is 35.2 Å². The van der Waals surface area contributed by atoms with Gasteiger partial charge in [0.2, 0.25) is 0 Å². The number of amides is 1. The zero-order valence-electron chi connectivity index (χ0n) is 15.4. The van der Waals surface area contributed by atoms with E-state index in [1.54, 1.807) is 0 Å². The topological polar surface area (TPSA) is 75.3 Å². The highest BCUT2D eigenvalue weighted by Gasteiger charge is 2.30. The van der Waals surface area contributed by atoms with Crippen molar-refractivity contribution in [2.75, 3.05) is 10.0 Å². The standard InChI is InChI=1S/C20H13F5N2O3S/c21-13-7-8-18(22)17(10-13)19(28)26-14-4-2-6-16(11-14)31(29,30)27-15-5-1-3-12(9-15)20(23,24)25/h1-11,27H,(H,26,28). The predicted molar refractivity (Wildman–Crippen MR) is 103 cm³/mol. The summed E-state index contributed by atoms with van der Waals surface area (Å²) in [5, 5.41) is 2.25. The third kappa shape index (κ3) is 5.37. The molecular formula is C20H13F5N2O3S. The number of anilines is 2. The van der Waals surface area contributed by atoms with Crippen molar-refractivity contribution in [1.82, 2.24) is 0 Å². The molecule has 11 heteroatoms. The van der Waals surface area contributed by atoms with Gasteiger partial charge in [0.25, 0.3) is 15.9 Å². The number of hydrogen-bond donors (Lipinski definition) is 2. The van der Waals surface area contributed by atoms with Crippen LogP contribution in [-0.2, 0) is 16.2 Å².